The molecule has 2 amide bonds. The summed E-state index contributed by atoms with van der Waals surface area (Å²) < 4.78 is 0. The van der Waals surface area contributed by atoms with Crippen LogP contribution >= 0.6 is 12.4 Å². The number of primary amides is 1. The smallest absolute Gasteiger partial charge is 0.248 e. The van der Waals surface area contributed by atoms with Gasteiger partial charge in [-0.2, -0.15) is 0 Å². The Morgan fingerprint density at radius 3 is 2.80 bits per heavy atom. The summed E-state index contributed by atoms with van der Waals surface area (Å²) in [5, 5.41) is 6.08. The lowest BCUT2D eigenvalue weighted by Gasteiger charge is -2.22. The summed E-state index contributed by atoms with van der Waals surface area (Å²) in [6.45, 7) is 1.31. The van der Waals surface area contributed by atoms with E-state index in [0.29, 0.717) is 12.1 Å². The maximum atomic E-state index is 11.9. The zero-order chi connectivity index (χ0) is 13.7. The van der Waals surface area contributed by atoms with Gasteiger partial charge in [-0.3, -0.25) is 9.59 Å². The zero-order valence-electron chi connectivity index (χ0n) is 11.2. The van der Waals surface area contributed by atoms with Crippen molar-refractivity contribution >= 4 is 24.2 Å². The molecule has 1 saturated heterocycles. The van der Waals surface area contributed by atoms with Crippen LogP contribution in [-0.2, 0) is 11.3 Å². The van der Waals surface area contributed by atoms with E-state index in [2.05, 4.69) is 10.6 Å². The summed E-state index contributed by atoms with van der Waals surface area (Å²) in [4.78, 5) is 23.0. The number of rotatable bonds is 4. The van der Waals surface area contributed by atoms with E-state index in [1.165, 1.54) is 0 Å². The van der Waals surface area contributed by atoms with Crippen LogP contribution in [0.2, 0.25) is 0 Å². The van der Waals surface area contributed by atoms with Crippen molar-refractivity contribution in [3.63, 3.8) is 0 Å². The Kier molecular flexibility index (Phi) is 6.48. The summed E-state index contributed by atoms with van der Waals surface area (Å²) in [6.07, 6.45) is 3.10. The highest BCUT2D eigenvalue weighted by atomic mass is 35.5. The predicted octanol–water partition coefficient (Wildman–Crippen LogP) is 0.966. The van der Waals surface area contributed by atoms with Crippen molar-refractivity contribution in [1.29, 1.82) is 0 Å². The number of benzene rings is 1. The molecule has 0 unspecified atom stereocenters. The Balaban J connectivity index is 0.00000200. The Bertz CT molecular complexity index is 473. The van der Waals surface area contributed by atoms with Crippen LogP contribution in [0.5, 0.6) is 0 Å². The molecule has 5 nitrogen and oxygen atoms in total. The Morgan fingerprint density at radius 2 is 2.15 bits per heavy atom. The van der Waals surface area contributed by atoms with Gasteiger partial charge < -0.3 is 16.4 Å². The van der Waals surface area contributed by atoms with E-state index in [9.17, 15) is 9.59 Å². The average molecular weight is 298 g/mol. The molecule has 1 heterocycles. The molecule has 1 fully saturated rings. The van der Waals surface area contributed by atoms with Crippen LogP contribution in [0.15, 0.2) is 24.3 Å². The first-order chi connectivity index (χ1) is 9.16. The van der Waals surface area contributed by atoms with E-state index in [0.717, 1.165) is 31.4 Å². The van der Waals surface area contributed by atoms with E-state index < -0.39 is 5.91 Å². The summed E-state index contributed by atoms with van der Waals surface area (Å²) in [6, 6.07) is 6.91. The first-order valence-electron chi connectivity index (χ1n) is 6.56. The molecule has 4 N–H and O–H groups in total. The number of nitrogens with two attached hydrogens (primary N) is 1. The third kappa shape index (κ3) is 4.51. The monoisotopic (exact) mass is 297 g/mol. The van der Waals surface area contributed by atoms with Gasteiger partial charge in [0.25, 0.3) is 0 Å². The fourth-order valence-corrected chi connectivity index (χ4v) is 2.22. The van der Waals surface area contributed by atoms with Gasteiger partial charge in [0.15, 0.2) is 0 Å². The second-order valence-electron chi connectivity index (χ2n) is 4.78. The largest absolute Gasteiger partial charge is 0.366 e. The predicted molar refractivity (Wildman–Crippen MR) is 79.7 cm³/mol. The molecule has 0 spiro atoms. The van der Waals surface area contributed by atoms with Crippen molar-refractivity contribution in [2.24, 2.45) is 5.73 Å². The van der Waals surface area contributed by atoms with Crippen LogP contribution in [0.3, 0.4) is 0 Å². The minimum Gasteiger partial charge on any atom is -0.366 e. The van der Waals surface area contributed by atoms with Crippen LogP contribution in [-0.4, -0.2) is 24.4 Å². The number of carbonyl (C=O) groups excluding carboxylic acids is 2. The van der Waals surface area contributed by atoms with Crippen molar-refractivity contribution in [1.82, 2.24) is 10.6 Å². The number of hydrogen-bond donors (Lipinski definition) is 3. The molecular formula is C14H20ClN3O2. The van der Waals surface area contributed by atoms with E-state index in [1.807, 2.05) is 6.07 Å². The number of carbonyl (C=O) groups is 2. The third-order valence-corrected chi connectivity index (χ3v) is 3.31. The molecule has 0 aromatic heterocycles. The second kappa shape index (κ2) is 7.87. The van der Waals surface area contributed by atoms with Crippen molar-refractivity contribution in [2.75, 3.05) is 6.54 Å². The molecule has 0 radical (unpaired) electrons. The summed E-state index contributed by atoms with van der Waals surface area (Å²) in [7, 11) is 0. The molecule has 1 aliphatic heterocycles. The first-order valence-corrected chi connectivity index (χ1v) is 6.56. The van der Waals surface area contributed by atoms with Crippen LogP contribution < -0.4 is 16.4 Å². The molecule has 20 heavy (non-hydrogen) atoms. The van der Waals surface area contributed by atoms with Crippen molar-refractivity contribution in [2.45, 2.75) is 31.8 Å². The molecule has 1 aliphatic rings. The quantitative estimate of drug-likeness (QED) is 0.774. The maximum absolute atomic E-state index is 11.9. The van der Waals surface area contributed by atoms with Gasteiger partial charge in [0.1, 0.15) is 0 Å². The fourth-order valence-electron chi connectivity index (χ4n) is 2.22. The molecule has 6 heteroatoms. The Hall–Kier alpha value is -1.59. The van der Waals surface area contributed by atoms with Gasteiger partial charge in [-0.1, -0.05) is 18.6 Å². The lowest BCUT2D eigenvalue weighted by Crippen LogP contribution is -2.46. The highest BCUT2D eigenvalue weighted by Gasteiger charge is 2.19. The molecular weight excluding hydrogens is 278 g/mol. The van der Waals surface area contributed by atoms with E-state index >= 15 is 0 Å². The van der Waals surface area contributed by atoms with Crippen molar-refractivity contribution in [3.8, 4) is 0 Å². The van der Waals surface area contributed by atoms with Gasteiger partial charge in [0.2, 0.25) is 11.8 Å². The van der Waals surface area contributed by atoms with Gasteiger partial charge in [-0.05, 0) is 37.1 Å². The van der Waals surface area contributed by atoms with Crippen molar-refractivity contribution < 1.29 is 9.59 Å². The molecule has 1 atom stereocenters. The van der Waals surface area contributed by atoms with Crippen LogP contribution in [0.25, 0.3) is 0 Å². The lowest BCUT2D eigenvalue weighted by molar-refractivity contribution is -0.123. The standard InChI is InChI=1S/C14H19N3O2.ClH/c15-13(18)11-5-3-4-10(8-11)9-17-14(19)12-6-1-2-7-16-12;/h3-5,8,12,16H,1-2,6-7,9H2,(H2,15,18)(H,17,19);1H/t12-;/m1./s1. The van der Waals surface area contributed by atoms with E-state index in [4.69, 9.17) is 5.73 Å². The SMILES string of the molecule is Cl.NC(=O)c1cccc(CNC(=O)[C@H]2CCCCN2)c1. The fraction of sp³-hybridized carbons (Fsp3) is 0.429. The normalized spacial score (nSPS) is 17.9. The average Bonchev–Trinajstić information content (AvgIpc) is 2.46. The van der Waals surface area contributed by atoms with Gasteiger partial charge in [0.05, 0.1) is 6.04 Å². The first kappa shape index (κ1) is 16.5. The molecule has 110 valence electrons. The number of nitrogens with one attached hydrogen (secondary N) is 2. The molecule has 2 rings (SSSR count). The Morgan fingerprint density at radius 1 is 1.35 bits per heavy atom. The van der Waals surface area contributed by atoms with E-state index in [-0.39, 0.29) is 24.4 Å². The van der Waals surface area contributed by atoms with Crippen LogP contribution in [0.4, 0.5) is 0 Å². The van der Waals surface area contributed by atoms with Gasteiger partial charge in [-0.15, -0.1) is 12.4 Å². The summed E-state index contributed by atoms with van der Waals surface area (Å²) >= 11 is 0. The van der Waals surface area contributed by atoms with Crippen LogP contribution in [0.1, 0.15) is 35.2 Å². The number of piperidine rings is 1. The van der Waals surface area contributed by atoms with Crippen molar-refractivity contribution in [3.05, 3.63) is 35.4 Å². The van der Waals surface area contributed by atoms with Gasteiger partial charge >= 0.3 is 0 Å². The Labute approximate surface area is 124 Å². The molecule has 1 aromatic rings. The van der Waals surface area contributed by atoms with Crippen LogP contribution in [0, 0.1) is 0 Å². The minimum atomic E-state index is -0.456. The summed E-state index contributed by atoms with van der Waals surface area (Å²) in [5.41, 5.74) is 6.56. The molecule has 0 aliphatic carbocycles. The molecule has 1 aromatic carbocycles. The second-order valence-corrected chi connectivity index (χ2v) is 4.78. The van der Waals surface area contributed by atoms with Gasteiger partial charge in [0, 0.05) is 12.1 Å². The number of halogens is 1. The summed E-state index contributed by atoms with van der Waals surface area (Å²) in [5.74, 6) is -0.439. The topological polar surface area (TPSA) is 84.2 Å². The highest BCUT2D eigenvalue weighted by Crippen LogP contribution is 2.08. The molecule has 0 bridgehead atoms. The number of amides is 2. The molecule has 0 saturated carbocycles. The highest BCUT2D eigenvalue weighted by molar-refractivity contribution is 5.92. The zero-order valence-corrected chi connectivity index (χ0v) is 12.0. The van der Waals surface area contributed by atoms with Gasteiger partial charge in [-0.25, -0.2) is 0 Å². The lowest BCUT2D eigenvalue weighted by atomic mass is 10.0. The third-order valence-electron chi connectivity index (χ3n) is 3.31. The minimum absolute atomic E-state index is 0. The number of hydrogen-bond acceptors (Lipinski definition) is 3. The van der Waals surface area contributed by atoms with E-state index in [1.54, 1.807) is 18.2 Å². The maximum Gasteiger partial charge on any atom is 0.248 e.